The van der Waals surface area contributed by atoms with Gasteiger partial charge in [-0.25, -0.2) is 4.98 Å². The summed E-state index contributed by atoms with van der Waals surface area (Å²) in [6.07, 6.45) is 9.41. The van der Waals surface area contributed by atoms with E-state index in [1.165, 1.54) is 51.4 Å². The molecule has 3 rings (SSSR count). The van der Waals surface area contributed by atoms with Crippen LogP contribution in [0, 0.1) is 6.92 Å². The summed E-state index contributed by atoms with van der Waals surface area (Å²) in [7, 11) is 0. The molecule has 0 saturated heterocycles. The molecule has 0 spiro atoms. The molecule has 0 bridgehead atoms. The molecule has 0 aliphatic rings. The highest BCUT2D eigenvalue weighted by Gasteiger charge is 2.19. The Morgan fingerprint density at radius 3 is 2.15 bits per heavy atom. The minimum Gasteiger partial charge on any atom is -0.387 e. The summed E-state index contributed by atoms with van der Waals surface area (Å²) in [5.74, 6) is 0. The van der Waals surface area contributed by atoms with Gasteiger partial charge in [-0.2, -0.15) is 0 Å². The standard InChI is InChI=1S/C30H41ClN2O/c1-4-6-8-10-19-33(20-11-9-7-5-2)22-29(34)27-21-28(24-15-17-25(31)18-16-24)32-30-23(3)13-12-14-26(27)30/h12-18,21,29,34H,4-11,19-20,22H2,1-3H3. The van der Waals surface area contributed by atoms with Gasteiger partial charge < -0.3 is 10.0 Å². The van der Waals surface area contributed by atoms with Gasteiger partial charge in [0.2, 0.25) is 0 Å². The Morgan fingerprint density at radius 1 is 0.882 bits per heavy atom. The number of aryl methyl sites for hydroxylation is 1. The molecule has 1 atom stereocenters. The van der Waals surface area contributed by atoms with E-state index >= 15 is 0 Å². The molecule has 0 aliphatic heterocycles. The monoisotopic (exact) mass is 480 g/mol. The Morgan fingerprint density at radius 2 is 1.53 bits per heavy atom. The van der Waals surface area contributed by atoms with E-state index in [4.69, 9.17) is 16.6 Å². The second kappa shape index (κ2) is 13.8. The van der Waals surface area contributed by atoms with Crippen molar-refractivity contribution in [2.24, 2.45) is 0 Å². The van der Waals surface area contributed by atoms with Gasteiger partial charge in [0.15, 0.2) is 0 Å². The van der Waals surface area contributed by atoms with Crippen molar-refractivity contribution in [1.82, 2.24) is 9.88 Å². The van der Waals surface area contributed by atoms with E-state index in [9.17, 15) is 5.11 Å². The van der Waals surface area contributed by atoms with Crippen LogP contribution in [0.25, 0.3) is 22.2 Å². The van der Waals surface area contributed by atoms with Crippen molar-refractivity contribution in [2.75, 3.05) is 19.6 Å². The first kappa shape index (κ1) is 26.7. The first-order chi connectivity index (χ1) is 16.5. The van der Waals surface area contributed by atoms with Crippen LogP contribution in [0.2, 0.25) is 5.02 Å². The minimum atomic E-state index is -0.560. The maximum absolute atomic E-state index is 11.5. The lowest BCUT2D eigenvalue weighted by Gasteiger charge is -2.26. The molecule has 3 aromatic rings. The van der Waals surface area contributed by atoms with Gasteiger partial charge in [0, 0.05) is 22.5 Å². The van der Waals surface area contributed by atoms with E-state index in [2.05, 4.69) is 49.9 Å². The van der Waals surface area contributed by atoms with Crippen LogP contribution in [-0.4, -0.2) is 34.6 Å². The lowest BCUT2D eigenvalue weighted by atomic mass is 9.98. The van der Waals surface area contributed by atoms with Crippen LogP contribution in [0.15, 0.2) is 48.5 Å². The SMILES string of the molecule is CCCCCCN(CCCCCC)CC(O)c1cc(-c2ccc(Cl)cc2)nc2c(C)cccc12. The number of hydrogen-bond donors (Lipinski definition) is 1. The van der Waals surface area contributed by atoms with Crippen LogP contribution in [0.3, 0.4) is 0 Å². The summed E-state index contributed by atoms with van der Waals surface area (Å²) in [6.45, 7) is 9.35. The molecule has 1 unspecified atom stereocenters. The number of rotatable bonds is 14. The zero-order valence-electron chi connectivity index (χ0n) is 21.2. The molecular weight excluding hydrogens is 440 g/mol. The first-order valence-electron chi connectivity index (χ1n) is 13.1. The fourth-order valence-electron chi connectivity index (χ4n) is 4.62. The quantitative estimate of drug-likeness (QED) is 0.235. The van der Waals surface area contributed by atoms with E-state index in [0.29, 0.717) is 11.6 Å². The molecular formula is C30H41ClN2O. The first-order valence-corrected chi connectivity index (χ1v) is 13.5. The topological polar surface area (TPSA) is 36.4 Å². The lowest BCUT2D eigenvalue weighted by molar-refractivity contribution is 0.111. The Kier molecular flexibility index (Phi) is 10.8. The fraction of sp³-hybridized carbons (Fsp3) is 0.500. The summed E-state index contributed by atoms with van der Waals surface area (Å²) in [5, 5.41) is 13.3. The Balaban J connectivity index is 1.87. The number of nitrogens with zero attached hydrogens (tertiary/aromatic N) is 2. The number of benzene rings is 2. The van der Waals surface area contributed by atoms with Crippen LogP contribution in [0.4, 0.5) is 0 Å². The Hall–Kier alpha value is -1.94. The highest BCUT2D eigenvalue weighted by molar-refractivity contribution is 6.30. The molecule has 0 fully saturated rings. The lowest BCUT2D eigenvalue weighted by Crippen LogP contribution is -2.31. The van der Waals surface area contributed by atoms with Gasteiger partial charge in [-0.1, -0.05) is 94.3 Å². The summed E-state index contributed by atoms with van der Waals surface area (Å²) >= 11 is 6.12. The molecule has 0 aliphatic carbocycles. The van der Waals surface area contributed by atoms with Crippen molar-refractivity contribution in [3.05, 3.63) is 64.7 Å². The molecule has 0 saturated carbocycles. The van der Waals surface area contributed by atoms with E-state index < -0.39 is 6.10 Å². The van der Waals surface area contributed by atoms with Crippen molar-refractivity contribution in [3.63, 3.8) is 0 Å². The number of pyridine rings is 1. The van der Waals surface area contributed by atoms with Gasteiger partial charge in [0.1, 0.15) is 0 Å². The number of para-hydroxylation sites is 1. The van der Waals surface area contributed by atoms with Crippen LogP contribution in [-0.2, 0) is 0 Å². The van der Waals surface area contributed by atoms with Crippen molar-refractivity contribution < 1.29 is 5.11 Å². The fourth-order valence-corrected chi connectivity index (χ4v) is 4.75. The van der Waals surface area contributed by atoms with Crippen LogP contribution < -0.4 is 0 Å². The largest absolute Gasteiger partial charge is 0.387 e. The molecule has 184 valence electrons. The molecule has 0 amide bonds. The third-order valence-electron chi connectivity index (χ3n) is 6.66. The van der Waals surface area contributed by atoms with E-state index in [1.807, 2.05) is 24.3 Å². The van der Waals surface area contributed by atoms with Gasteiger partial charge in [0.05, 0.1) is 17.3 Å². The molecule has 4 heteroatoms. The second-order valence-corrected chi connectivity index (χ2v) is 9.95. The average Bonchev–Trinajstić information content (AvgIpc) is 2.84. The summed E-state index contributed by atoms with van der Waals surface area (Å²) < 4.78 is 0. The number of unbranched alkanes of at least 4 members (excludes halogenated alkanes) is 6. The van der Waals surface area contributed by atoms with Crippen molar-refractivity contribution in [1.29, 1.82) is 0 Å². The van der Waals surface area contributed by atoms with E-state index in [-0.39, 0.29) is 0 Å². The number of halogens is 1. The zero-order valence-corrected chi connectivity index (χ0v) is 21.9. The normalized spacial score (nSPS) is 12.5. The third kappa shape index (κ3) is 7.53. The summed E-state index contributed by atoms with van der Waals surface area (Å²) in [6, 6.07) is 16.1. The van der Waals surface area contributed by atoms with E-state index in [0.717, 1.165) is 46.4 Å². The van der Waals surface area contributed by atoms with Crippen molar-refractivity contribution >= 4 is 22.5 Å². The number of aliphatic hydroxyl groups excluding tert-OH is 1. The van der Waals surface area contributed by atoms with Gasteiger partial charge in [-0.3, -0.25) is 0 Å². The maximum atomic E-state index is 11.5. The molecule has 1 heterocycles. The highest BCUT2D eigenvalue weighted by atomic mass is 35.5. The minimum absolute atomic E-state index is 0.560. The molecule has 34 heavy (non-hydrogen) atoms. The van der Waals surface area contributed by atoms with Crippen LogP contribution in [0.1, 0.15) is 82.4 Å². The molecule has 0 radical (unpaired) electrons. The smallest absolute Gasteiger partial charge is 0.0924 e. The molecule has 2 aromatic carbocycles. The number of hydrogen-bond acceptors (Lipinski definition) is 3. The Labute approximate surface area is 211 Å². The molecule has 3 nitrogen and oxygen atoms in total. The predicted octanol–water partition coefficient (Wildman–Crippen LogP) is 8.36. The zero-order chi connectivity index (χ0) is 24.3. The van der Waals surface area contributed by atoms with E-state index in [1.54, 1.807) is 0 Å². The summed E-state index contributed by atoms with van der Waals surface area (Å²) in [4.78, 5) is 7.44. The van der Waals surface area contributed by atoms with Gasteiger partial charge in [0.25, 0.3) is 0 Å². The van der Waals surface area contributed by atoms with Gasteiger partial charge in [-0.15, -0.1) is 0 Å². The van der Waals surface area contributed by atoms with Gasteiger partial charge in [-0.05, 0) is 62.2 Å². The predicted molar refractivity (Wildman–Crippen MR) is 147 cm³/mol. The van der Waals surface area contributed by atoms with Crippen LogP contribution >= 0.6 is 11.6 Å². The number of aromatic nitrogens is 1. The average molecular weight is 481 g/mol. The van der Waals surface area contributed by atoms with Crippen molar-refractivity contribution in [3.8, 4) is 11.3 Å². The van der Waals surface area contributed by atoms with Gasteiger partial charge >= 0.3 is 0 Å². The second-order valence-electron chi connectivity index (χ2n) is 9.51. The summed E-state index contributed by atoms with van der Waals surface area (Å²) in [5.41, 5.74) is 4.94. The molecule has 1 N–H and O–H groups in total. The maximum Gasteiger partial charge on any atom is 0.0924 e. The van der Waals surface area contributed by atoms with Crippen LogP contribution in [0.5, 0.6) is 0 Å². The van der Waals surface area contributed by atoms with Crippen molar-refractivity contribution in [2.45, 2.75) is 78.2 Å². The molecule has 1 aromatic heterocycles. The Bertz CT molecular complexity index is 1010. The third-order valence-corrected chi connectivity index (χ3v) is 6.91. The highest BCUT2D eigenvalue weighted by Crippen LogP contribution is 2.31. The number of fused-ring (bicyclic) bond motifs is 1. The number of aliphatic hydroxyl groups is 1.